The predicted molar refractivity (Wildman–Crippen MR) is 168 cm³/mol. The second kappa shape index (κ2) is 18.1. The fourth-order valence-corrected chi connectivity index (χ4v) is 5.29. The minimum absolute atomic E-state index is 0.00531. The smallest absolute Gasteiger partial charge is 0.338 e. The van der Waals surface area contributed by atoms with Gasteiger partial charge in [-0.25, -0.2) is 9.59 Å². The van der Waals surface area contributed by atoms with Gasteiger partial charge in [0, 0.05) is 42.2 Å². The standard InChI is InChI=1S/C32H40Br2O9/c1-19(7-16-29(39-6)21(3)41-32(38)25-10-14-27(34)15-11-25)30(43-23(5)36)20(2)28(42-22(4)35)17-18-40-31(37)24-8-12-26(33)13-9-24/h8-15,19-21,28-30H,7,16-18H2,1-6H3/t19-,20-,21+,28-,29+,30-/m0/s1. The van der Waals surface area contributed by atoms with E-state index in [1.165, 1.54) is 13.8 Å². The molecule has 6 atom stereocenters. The van der Waals surface area contributed by atoms with Crippen molar-refractivity contribution in [3.8, 4) is 0 Å². The Morgan fingerprint density at radius 2 is 1.19 bits per heavy atom. The molecule has 0 spiro atoms. The molecule has 9 nitrogen and oxygen atoms in total. The molecule has 0 amide bonds. The van der Waals surface area contributed by atoms with Crippen molar-refractivity contribution in [3.05, 3.63) is 68.6 Å². The van der Waals surface area contributed by atoms with Gasteiger partial charge in [0.2, 0.25) is 0 Å². The van der Waals surface area contributed by atoms with E-state index >= 15 is 0 Å². The van der Waals surface area contributed by atoms with E-state index in [1.807, 2.05) is 13.8 Å². The predicted octanol–water partition coefficient (Wildman–Crippen LogP) is 6.93. The van der Waals surface area contributed by atoms with E-state index in [0.717, 1.165) is 8.95 Å². The van der Waals surface area contributed by atoms with Gasteiger partial charge in [0.25, 0.3) is 0 Å². The Hall–Kier alpha value is -2.76. The van der Waals surface area contributed by atoms with Crippen LogP contribution >= 0.6 is 31.9 Å². The Balaban J connectivity index is 2.04. The van der Waals surface area contributed by atoms with Gasteiger partial charge in [-0.05, 0) is 74.2 Å². The monoisotopic (exact) mass is 726 g/mol. The number of ether oxygens (including phenoxy) is 5. The van der Waals surface area contributed by atoms with E-state index in [0.29, 0.717) is 24.0 Å². The van der Waals surface area contributed by atoms with Crippen molar-refractivity contribution in [1.29, 1.82) is 0 Å². The van der Waals surface area contributed by atoms with Crippen LogP contribution in [0.1, 0.15) is 74.6 Å². The molecule has 0 aliphatic rings. The molecule has 43 heavy (non-hydrogen) atoms. The van der Waals surface area contributed by atoms with Crippen molar-refractivity contribution in [2.75, 3.05) is 13.7 Å². The molecule has 0 heterocycles. The molecule has 2 aromatic carbocycles. The van der Waals surface area contributed by atoms with Gasteiger partial charge < -0.3 is 23.7 Å². The maximum atomic E-state index is 12.6. The lowest BCUT2D eigenvalue weighted by atomic mass is 9.84. The lowest BCUT2D eigenvalue weighted by Crippen LogP contribution is -2.40. The number of carbonyl (C=O) groups excluding carboxylic acids is 4. The summed E-state index contributed by atoms with van der Waals surface area (Å²) in [6, 6.07) is 13.7. The molecule has 0 aliphatic carbocycles. The maximum absolute atomic E-state index is 12.6. The van der Waals surface area contributed by atoms with Gasteiger partial charge in [0.1, 0.15) is 18.3 Å². The number of hydrogen-bond acceptors (Lipinski definition) is 9. The maximum Gasteiger partial charge on any atom is 0.338 e. The highest BCUT2D eigenvalue weighted by molar-refractivity contribution is 9.10. The molecule has 11 heteroatoms. The topological polar surface area (TPSA) is 114 Å². The van der Waals surface area contributed by atoms with E-state index in [2.05, 4.69) is 31.9 Å². The van der Waals surface area contributed by atoms with E-state index in [9.17, 15) is 19.2 Å². The molecule has 0 N–H and O–H groups in total. The van der Waals surface area contributed by atoms with E-state index in [1.54, 1.807) is 62.6 Å². The molecule has 236 valence electrons. The number of benzene rings is 2. The number of hydrogen-bond donors (Lipinski definition) is 0. The average molecular weight is 728 g/mol. The first-order chi connectivity index (χ1) is 20.3. The molecule has 0 bridgehead atoms. The van der Waals surface area contributed by atoms with Crippen LogP contribution in [0.5, 0.6) is 0 Å². The largest absolute Gasteiger partial charge is 0.462 e. The highest BCUT2D eigenvalue weighted by Crippen LogP contribution is 2.29. The van der Waals surface area contributed by atoms with Crippen LogP contribution in [0.3, 0.4) is 0 Å². The van der Waals surface area contributed by atoms with Gasteiger partial charge in [-0.2, -0.15) is 0 Å². The van der Waals surface area contributed by atoms with E-state index < -0.39 is 54.2 Å². The number of methoxy groups -OCH3 is 1. The van der Waals surface area contributed by atoms with E-state index in [4.69, 9.17) is 23.7 Å². The second-order valence-electron chi connectivity index (χ2n) is 10.5. The van der Waals surface area contributed by atoms with Crippen molar-refractivity contribution in [2.45, 2.75) is 78.3 Å². The number of esters is 4. The van der Waals surface area contributed by atoms with Gasteiger partial charge in [0.05, 0.1) is 23.8 Å². The summed E-state index contributed by atoms with van der Waals surface area (Å²) in [5, 5.41) is 0. The minimum Gasteiger partial charge on any atom is -0.462 e. The number of rotatable bonds is 16. The van der Waals surface area contributed by atoms with Gasteiger partial charge in [-0.3, -0.25) is 9.59 Å². The summed E-state index contributed by atoms with van der Waals surface area (Å²) in [5.74, 6) is -2.49. The molecular weight excluding hydrogens is 688 g/mol. The molecule has 0 radical (unpaired) electrons. The summed E-state index contributed by atoms with van der Waals surface area (Å²) < 4.78 is 29.7. The Morgan fingerprint density at radius 1 is 0.674 bits per heavy atom. The van der Waals surface area contributed by atoms with Crippen LogP contribution in [0.25, 0.3) is 0 Å². The van der Waals surface area contributed by atoms with Crippen LogP contribution in [0.4, 0.5) is 0 Å². The first-order valence-corrected chi connectivity index (χ1v) is 15.7. The van der Waals surface area contributed by atoms with Crippen LogP contribution in [0.2, 0.25) is 0 Å². The van der Waals surface area contributed by atoms with Gasteiger partial charge in [0.15, 0.2) is 0 Å². The summed E-state index contributed by atoms with van der Waals surface area (Å²) in [6.07, 6.45) is -0.929. The second-order valence-corrected chi connectivity index (χ2v) is 12.3. The molecule has 2 aromatic rings. The van der Waals surface area contributed by atoms with Crippen molar-refractivity contribution in [1.82, 2.24) is 0 Å². The number of carbonyl (C=O) groups is 4. The zero-order chi connectivity index (χ0) is 32.1. The summed E-state index contributed by atoms with van der Waals surface area (Å²) >= 11 is 6.68. The van der Waals surface area contributed by atoms with Crippen molar-refractivity contribution < 1.29 is 42.9 Å². The Labute approximate surface area is 270 Å². The van der Waals surface area contributed by atoms with Crippen molar-refractivity contribution in [3.63, 3.8) is 0 Å². The molecule has 0 fully saturated rings. The molecule has 0 unspecified atom stereocenters. The van der Waals surface area contributed by atoms with Crippen LogP contribution in [0, 0.1) is 11.8 Å². The van der Waals surface area contributed by atoms with Gasteiger partial charge >= 0.3 is 23.9 Å². The van der Waals surface area contributed by atoms with Crippen molar-refractivity contribution in [2.24, 2.45) is 11.8 Å². The fourth-order valence-electron chi connectivity index (χ4n) is 4.76. The zero-order valence-electron chi connectivity index (χ0n) is 25.3. The Bertz CT molecular complexity index is 1200. The lowest BCUT2D eigenvalue weighted by molar-refractivity contribution is -0.163. The first kappa shape index (κ1) is 36.4. The SMILES string of the molecule is CO[C@H](CC[C@H](C)[C@H](OC(C)=O)[C@@H](C)[C@H](CCOC(=O)c1ccc(Br)cc1)OC(C)=O)[C@@H](C)OC(=O)c1ccc(Br)cc1. The third-order valence-corrected chi connectivity index (χ3v) is 8.16. The summed E-state index contributed by atoms with van der Waals surface area (Å²) in [4.78, 5) is 49.1. The van der Waals surface area contributed by atoms with Crippen LogP contribution in [0.15, 0.2) is 57.5 Å². The zero-order valence-corrected chi connectivity index (χ0v) is 28.5. The summed E-state index contributed by atoms with van der Waals surface area (Å²) in [6.45, 7) is 8.19. The Kier molecular flexibility index (Phi) is 15.4. The first-order valence-electron chi connectivity index (χ1n) is 14.1. The van der Waals surface area contributed by atoms with Crippen LogP contribution in [-0.2, 0) is 33.3 Å². The normalized spacial score (nSPS) is 15.3. The average Bonchev–Trinajstić information content (AvgIpc) is 2.95. The van der Waals surface area contributed by atoms with Crippen molar-refractivity contribution >= 4 is 55.7 Å². The molecule has 2 rings (SSSR count). The summed E-state index contributed by atoms with van der Waals surface area (Å²) in [7, 11) is 1.55. The quantitative estimate of drug-likeness (QED) is 0.134. The highest BCUT2D eigenvalue weighted by Gasteiger charge is 2.35. The van der Waals surface area contributed by atoms with Gasteiger partial charge in [-0.15, -0.1) is 0 Å². The molecule has 0 saturated carbocycles. The van der Waals surface area contributed by atoms with Crippen LogP contribution in [-0.4, -0.2) is 62.0 Å². The molecular formula is C32H40Br2O9. The molecule has 0 aliphatic heterocycles. The van der Waals surface area contributed by atoms with E-state index in [-0.39, 0.29) is 18.9 Å². The molecule has 0 saturated heterocycles. The third kappa shape index (κ3) is 12.4. The third-order valence-electron chi connectivity index (χ3n) is 7.11. The Morgan fingerprint density at radius 3 is 1.67 bits per heavy atom. The minimum atomic E-state index is -0.675. The summed E-state index contributed by atoms with van der Waals surface area (Å²) in [5.41, 5.74) is 0.831. The molecule has 0 aromatic heterocycles. The van der Waals surface area contributed by atoms with Gasteiger partial charge in [-0.1, -0.05) is 45.7 Å². The number of halogens is 2. The highest BCUT2D eigenvalue weighted by atomic mass is 79.9. The fraction of sp³-hybridized carbons (Fsp3) is 0.500. The lowest BCUT2D eigenvalue weighted by Gasteiger charge is -2.34. The van der Waals surface area contributed by atoms with Crippen LogP contribution < -0.4 is 0 Å².